The first-order valence-corrected chi connectivity index (χ1v) is 6.30. The predicted molar refractivity (Wildman–Crippen MR) is 77.9 cm³/mol. The van der Waals surface area contributed by atoms with Crippen molar-refractivity contribution in [2.24, 2.45) is 0 Å². The maximum atomic E-state index is 12.1. The summed E-state index contributed by atoms with van der Waals surface area (Å²) in [6.07, 6.45) is 0. The number of carbonyl (C=O) groups excluding carboxylic acids is 1. The van der Waals surface area contributed by atoms with Crippen molar-refractivity contribution in [1.82, 2.24) is 9.88 Å². The van der Waals surface area contributed by atoms with Gasteiger partial charge in [-0.1, -0.05) is 11.6 Å². The molecule has 0 spiro atoms. The van der Waals surface area contributed by atoms with Gasteiger partial charge in [0.25, 0.3) is 5.91 Å². The lowest BCUT2D eigenvalue weighted by Crippen LogP contribution is -2.22. The van der Waals surface area contributed by atoms with E-state index in [0.717, 1.165) is 5.39 Å². The Morgan fingerprint density at radius 1 is 1.20 bits per heavy atom. The smallest absolute Gasteiger partial charge is 0.272 e. The van der Waals surface area contributed by atoms with Crippen LogP contribution in [-0.2, 0) is 0 Å². The van der Waals surface area contributed by atoms with Crippen molar-refractivity contribution in [3.8, 4) is 11.5 Å². The number of pyridine rings is 1. The lowest BCUT2D eigenvalue weighted by Gasteiger charge is -2.13. The van der Waals surface area contributed by atoms with Gasteiger partial charge in [0.1, 0.15) is 22.2 Å². The Morgan fingerprint density at radius 3 is 2.40 bits per heavy atom. The third-order valence-electron chi connectivity index (χ3n) is 2.91. The maximum Gasteiger partial charge on any atom is 0.272 e. The lowest BCUT2D eigenvalue weighted by molar-refractivity contribution is 0.0822. The van der Waals surface area contributed by atoms with Crippen molar-refractivity contribution in [3.63, 3.8) is 0 Å². The highest BCUT2D eigenvalue weighted by molar-refractivity contribution is 6.36. The highest BCUT2D eigenvalue weighted by Crippen LogP contribution is 2.36. The van der Waals surface area contributed by atoms with Crippen LogP contribution >= 0.6 is 11.6 Å². The van der Waals surface area contributed by atoms with E-state index in [1.54, 1.807) is 32.3 Å². The van der Waals surface area contributed by atoms with E-state index in [2.05, 4.69) is 4.98 Å². The average Bonchev–Trinajstić information content (AvgIpc) is 2.45. The number of methoxy groups -OCH3 is 2. The van der Waals surface area contributed by atoms with Gasteiger partial charge in [-0.15, -0.1) is 0 Å². The van der Waals surface area contributed by atoms with Gasteiger partial charge in [0.15, 0.2) is 0 Å². The predicted octanol–water partition coefficient (Wildman–Crippen LogP) is 2.61. The van der Waals surface area contributed by atoms with Gasteiger partial charge < -0.3 is 14.4 Å². The normalized spacial score (nSPS) is 10.4. The number of hydrogen-bond donors (Lipinski definition) is 0. The molecule has 1 heterocycles. The molecule has 0 aliphatic carbocycles. The quantitative estimate of drug-likeness (QED) is 0.873. The number of fused-ring (bicyclic) bond motifs is 1. The Balaban J connectivity index is 2.76. The third kappa shape index (κ3) is 2.36. The van der Waals surface area contributed by atoms with Crippen molar-refractivity contribution < 1.29 is 14.3 Å². The molecule has 20 heavy (non-hydrogen) atoms. The summed E-state index contributed by atoms with van der Waals surface area (Å²) in [7, 11) is 6.39. The van der Waals surface area contributed by atoms with Crippen LogP contribution in [0.1, 0.15) is 10.5 Å². The average molecular weight is 295 g/mol. The molecule has 0 saturated heterocycles. The molecule has 1 aromatic heterocycles. The Labute approximate surface area is 122 Å². The van der Waals surface area contributed by atoms with E-state index in [1.807, 2.05) is 0 Å². The topological polar surface area (TPSA) is 51.7 Å². The van der Waals surface area contributed by atoms with Crippen LogP contribution in [0, 0.1) is 0 Å². The van der Waals surface area contributed by atoms with Crippen LogP contribution in [0.3, 0.4) is 0 Å². The highest BCUT2D eigenvalue weighted by Gasteiger charge is 2.17. The van der Waals surface area contributed by atoms with Gasteiger partial charge in [-0.3, -0.25) is 4.79 Å². The summed E-state index contributed by atoms with van der Waals surface area (Å²) in [6.45, 7) is 0. The summed E-state index contributed by atoms with van der Waals surface area (Å²) in [5.74, 6) is 0.831. The van der Waals surface area contributed by atoms with E-state index in [0.29, 0.717) is 22.0 Å². The van der Waals surface area contributed by atoms with E-state index >= 15 is 0 Å². The zero-order valence-electron chi connectivity index (χ0n) is 11.7. The number of rotatable bonds is 3. The number of hydrogen-bond acceptors (Lipinski definition) is 4. The molecule has 0 unspecified atom stereocenters. The molecule has 0 atom stereocenters. The van der Waals surface area contributed by atoms with E-state index in [-0.39, 0.29) is 11.6 Å². The fourth-order valence-electron chi connectivity index (χ4n) is 1.87. The standard InChI is InChI=1S/C14H15ClN2O3/c1-17(2)14(18)9-7-11(20-4)8-5-6-10(19-3)12(15)13(8)16-9/h5-7H,1-4H3. The molecule has 1 amide bonds. The zero-order valence-corrected chi connectivity index (χ0v) is 12.5. The monoisotopic (exact) mass is 294 g/mol. The summed E-state index contributed by atoms with van der Waals surface area (Å²) in [5.41, 5.74) is 0.755. The molecule has 2 aromatic rings. The Bertz CT molecular complexity index is 671. The minimum absolute atomic E-state index is 0.218. The van der Waals surface area contributed by atoms with Crippen LogP contribution in [0.4, 0.5) is 0 Å². The molecule has 1 aromatic carbocycles. The Hall–Kier alpha value is -2.01. The van der Waals surface area contributed by atoms with Crippen molar-refractivity contribution in [3.05, 3.63) is 28.9 Å². The van der Waals surface area contributed by atoms with Gasteiger partial charge in [-0.25, -0.2) is 4.98 Å². The summed E-state index contributed by atoms with van der Waals surface area (Å²) in [5, 5.41) is 1.09. The second kappa shape index (κ2) is 5.54. The lowest BCUT2D eigenvalue weighted by atomic mass is 10.1. The van der Waals surface area contributed by atoms with Crippen LogP contribution < -0.4 is 9.47 Å². The molecule has 0 radical (unpaired) electrons. The van der Waals surface area contributed by atoms with E-state index in [4.69, 9.17) is 21.1 Å². The van der Waals surface area contributed by atoms with Crippen LogP contribution in [-0.4, -0.2) is 44.1 Å². The SMILES string of the molecule is COc1ccc2c(OC)cc(C(=O)N(C)C)nc2c1Cl. The zero-order chi connectivity index (χ0) is 14.9. The summed E-state index contributed by atoms with van der Waals surface area (Å²) in [4.78, 5) is 17.8. The molecular formula is C14H15ClN2O3. The molecule has 0 bridgehead atoms. The Kier molecular flexibility index (Phi) is 3.99. The molecular weight excluding hydrogens is 280 g/mol. The molecule has 0 saturated carbocycles. The summed E-state index contributed by atoms with van der Waals surface area (Å²) in [6, 6.07) is 5.14. The number of aromatic nitrogens is 1. The van der Waals surface area contributed by atoms with Gasteiger partial charge in [-0.05, 0) is 12.1 Å². The number of ether oxygens (including phenoxy) is 2. The highest BCUT2D eigenvalue weighted by atomic mass is 35.5. The van der Waals surface area contributed by atoms with Crippen LogP contribution in [0.25, 0.3) is 10.9 Å². The van der Waals surface area contributed by atoms with Crippen molar-refractivity contribution >= 4 is 28.4 Å². The van der Waals surface area contributed by atoms with Gasteiger partial charge in [0, 0.05) is 25.5 Å². The van der Waals surface area contributed by atoms with Crippen molar-refractivity contribution in [1.29, 1.82) is 0 Å². The van der Waals surface area contributed by atoms with Gasteiger partial charge >= 0.3 is 0 Å². The number of amides is 1. The van der Waals surface area contributed by atoms with E-state index in [9.17, 15) is 4.79 Å². The molecule has 5 nitrogen and oxygen atoms in total. The van der Waals surface area contributed by atoms with Gasteiger partial charge in [-0.2, -0.15) is 0 Å². The first-order valence-electron chi connectivity index (χ1n) is 5.92. The number of carbonyl (C=O) groups is 1. The second-order valence-electron chi connectivity index (χ2n) is 4.39. The number of benzene rings is 1. The van der Waals surface area contributed by atoms with Crippen LogP contribution in [0.5, 0.6) is 11.5 Å². The van der Waals surface area contributed by atoms with E-state index < -0.39 is 0 Å². The Morgan fingerprint density at radius 2 is 1.85 bits per heavy atom. The fraction of sp³-hybridized carbons (Fsp3) is 0.286. The number of nitrogens with zero attached hydrogens (tertiary/aromatic N) is 2. The molecule has 106 valence electrons. The molecule has 2 rings (SSSR count). The van der Waals surface area contributed by atoms with Crippen LogP contribution in [0.2, 0.25) is 5.02 Å². The van der Waals surface area contributed by atoms with E-state index in [1.165, 1.54) is 19.1 Å². The minimum atomic E-state index is -0.218. The van der Waals surface area contributed by atoms with Crippen molar-refractivity contribution in [2.45, 2.75) is 0 Å². The maximum absolute atomic E-state index is 12.1. The molecule has 0 aliphatic rings. The molecule has 0 aliphatic heterocycles. The third-order valence-corrected chi connectivity index (χ3v) is 3.28. The molecule has 6 heteroatoms. The largest absolute Gasteiger partial charge is 0.496 e. The first-order chi connectivity index (χ1) is 9.49. The summed E-state index contributed by atoms with van der Waals surface area (Å²) < 4.78 is 10.5. The summed E-state index contributed by atoms with van der Waals surface area (Å²) >= 11 is 6.26. The van der Waals surface area contributed by atoms with Crippen molar-refractivity contribution in [2.75, 3.05) is 28.3 Å². The van der Waals surface area contributed by atoms with Crippen LogP contribution in [0.15, 0.2) is 18.2 Å². The number of halogens is 1. The fourth-order valence-corrected chi connectivity index (χ4v) is 2.16. The molecule has 0 N–H and O–H groups in total. The first kappa shape index (κ1) is 14.4. The molecule has 0 fully saturated rings. The second-order valence-corrected chi connectivity index (χ2v) is 4.77. The van der Waals surface area contributed by atoms with Gasteiger partial charge in [0.2, 0.25) is 0 Å². The van der Waals surface area contributed by atoms with Gasteiger partial charge in [0.05, 0.1) is 19.7 Å². The minimum Gasteiger partial charge on any atom is -0.496 e.